The summed E-state index contributed by atoms with van der Waals surface area (Å²) in [4.78, 5) is 12.0. The lowest BCUT2D eigenvalue weighted by Crippen LogP contribution is -2.20. The van der Waals surface area contributed by atoms with Gasteiger partial charge in [-0.3, -0.25) is 4.79 Å². The monoisotopic (exact) mass is 326 g/mol. The number of hydrogen-bond donors (Lipinski definition) is 1. The predicted molar refractivity (Wildman–Crippen MR) is 89.4 cm³/mol. The normalized spacial score (nSPS) is 9.71. The highest BCUT2D eigenvalue weighted by Crippen LogP contribution is 2.30. The maximum absolute atomic E-state index is 12.0. The number of rotatable bonds is 7. The van der Waals surface area contributed by atoms with Crippen molar-refractivity contribution in [3.8, 4) is 23.3 Å². The standard InChI is InChI=1S/C18H18N2O4/c1-3-23-16-9-8-14(10-17(16)22-2)20-18(21)12-24-15-7-5-4-6-13(15)11-19/h4-10H,3,12H2,1-2H3,(H,20,21). The number of para-hydroxylation sites is 1. The lowest BCUT2D eigenvalue weighted by Gasteiger charge is -2.12. The number of ether oxygens (including phenoxy) is 3. The van der Waals surface area contributed by atoms with Crippen LogP contribution in [0.15, 0.2) is 42.5 Å². The molecule has 0 bridgehead atoms. The van der Waals surface area contributed by atoms with E-state index < -0.39 is 0 Å². The Hall–Kier alpha value is -3.20. The highest BCUT2D eigenvalue weighted by atomic mass is 16.5. The third-order valence-corrected chi connectivity index (χ3v) is 3.11. The van der Waals surface area contributed by atoms with E-state index in [1.165, 1.54) is 7.11 Å². The third-order valence-electron chi connectivity index (χ3n) is 3.11. The SMILES string of the molecule is CCOc1ccc(NC(=O)COc2ccccc2C#N)cc1OC. The van der Waals surface area contributed by atoms with Gasteiger partial charge in [0, 0.05) is 11.8 Å². The smallest absolute Gasteiger partial charge is 0.262 e. The van der Waals surface area contributed by atoms with Crippen molar-refractivity contribution < 1.29 is 19.0 Å². The van der Waals surface area contributed by atoms with Crippen molar-refractivity contribution in [3.63, 3.8) is 0 Å². The Bertz CT molecular complexity index is 753. The van der Waals surface area contributed by atoms with Crippen LogP contribution in [0.5, 0.6) is 17.2 Å². The van der Waals surface area contributed by atoms with Gasteiger partial charge >= 0.3 is 0 Å². The Morgan fingerprint density at radius 1 is 1.12 bits per heavy atom. The average Bonchev–Trinajstić information content (AvgIpc) is 2.61. The Morgan fingerprint density at radius 2 is 1.92 bits per heavy atom. The van der Waals surface area contributed by atoms with E-state index in [4.69, 9.17) is 19.5 Å². The molecule has 2 aromatic carbocycles. The van der Waals surface area contributed by atoms with E-state index in [9.17, 15) is 4.79 Å². The first-order valence-corrected chi connectivity index (χ1v) is 7.40. The minimum absolute atomic E-state index is 0.200. The largest absolute Gasteiger partial charge is 0.493 e. The molecular weight excluding hydrogens is 308 g/mol. The van der Waals surface area contributed by atoms with Crippen molar-refractivity contribution >= 4 is 11.6 Å². The van der Waals surface area contributed by atoms with Crippen molar-refractivity contribution in [2.24, 2.45) is 0 Å². The van der Waals surface area contributed by atoms with Gasteiger partial charge in [0.15, 0.2) is 18.1 Å². The highest BCUT2D eigenvalue weighted by Gasteiger charge is 2.09. The van der Waals surface area contributed by atoms with Crippen LogP contribution in [0.1, 0.15) is 12.5 Å². The van der Waals surface area contributed by atoms with E-state index in [1.54, 1.807) is 42.5 Å². The molecule has 0 spiro atoms. The molecule has 0 fully saturated rings. The fourth-order valence-electron chi connectivity index (χ4n) is 2.05. The number of carbonyl (C=O) groups is 1. The molecule has 124 valence electrons. The number of nitrogens with zero attached hydrogens (tertiary/aromatic N) is 1. The number of nitrogens with one attached hydrogen (secondary N) is 1. The number of anilines is 1. The van der Waals surface area contributed by atoms with E-state index in [0.29, 0.717) is 35.1 Å². The fourth-order valence-corrected chi connectivity index (χ4v) is 2.05. The summed E-state index contributed by atoms with van der Waals surface area (Å²) < 4.78 is 16.1. The number of benzene rings is 2. The second-order valence-electron chi connectivity index (χ2n) is 4.74. The summed E-state index contributed by atoms with van der Waals surface area (Å²) in [7, 11) is 1.53. The van der Waals surface area contributed by atoms with Gasteiger partial charge in [0.1, 0.15) is 11.8 Å². The average molecular weight is 326 g/mol. The molecule has 1 N–H and O–H groups in total. The van der Waals surface area contributed by atoms with Crippen molar-refractivity contribution in [1.29, 1.82) is 5.26 Å². The van der Waals surface area contributed by atoms with Crippen LogP contribution >= 0.6 is 0 Å². The molecule has 0 aliphatic carbocycles. The Balaban J connectivity index is 1.98. The molecule has 0 aromatic heterocycles. The number of amides is 1. The molecule has 0 saturated carbocycles. The molecule has 0 aliphatic rings. The van der Waals surface area contributed by atoms with Crippen LogP contribution in [-0.2, 0) is 4.79 Å². The summed E-state index contributed by atoms with van der Waals surface area (Å²) >= 11 is 0. The van der Waals surface area contributed by atoms with Crippen molar-refractivity contribution in [2.75, 3.05) is 25.6 Å². The van der Waals surface area contributed by atoms with E-state index in [1.807, 2.05) is 13.0 Å². The lowest BCUT2D eigenvalue weighted by molar-refractivity contribution is -0.118. The highest BCUT2D eigenvalue weighted by molar-refractivity contribution is 5.92. The van der Waals surface area contributed by atoms with Gasteiger partial charge in [-0.2, -0.15) is 5.26 Å². The molecule has 2 rings (SSSR count). The van der Waals surface area contributed by atoms with Gasteiger partial charge in [-0.05, 0) is 31.2 Å². The van der Waals surface area contributed by atoms with Crippen molar-refractivity contribution in [3.05, 3.63) is 48.0 Å². The molecule has 0 aliphatic heterocycles. The Kier molecular flexibility index (Phi) is 6.03. The van der Waals surface area contributed by atoms with Crippen LogP contribution < -0.4 is 19.5 Å². The minimum atomic E-state index is -0.339. The summed E-state index contributed by atoms with van der Waals surface area (Å²) in [6, 6.07) is 13.9. The molecule has 24 heavy (non-hydrogen) atoms. The van der Waals surface area contributed by atoms with Crippen molar-refractivity contribution in [2.45, 2.75) is 6.92 Å². The van der Waals surface area contributed by atoms with Gasteiger partial charge in [-0.25, -0.2) is 0 Å². The van der Waals surface area contributed by atoms with Crippen LogP contribution in [0.2, 0.25) is 0 Å². The minimum Gasteiger partial charge on any atom is -0.493 e. The number of nitriles is 1. The molecule has 2 aromatic rings. The van der Waals surface area contributed by atoms with Gasteiger partial charge in [0.2, 0.25) is 0 Å². The van der Waals surface area contributed by atoms with E-state index >= 15 is 0 Å². The Morgan fingerprint density at radius 3 is 2.62 bits per heavy atom. The molecule has 0 atom stereocenters. The maximum atomic E-state index is 12.0. The van der Waals surface area contributed by atoms with Gasteiger partial charge in [0.05, 0.1) is 19.3 Å². The maximum Gasteiger partial charge on any atom is 0.262 e. The second kappa shape index (κ2) is 8.44. The number of methoxy groups -OCH3 is 1. The van der Waals surface area contributed by atoms with Crippen LogP contribution in [0.25, 0.3) is 0 Å². The topological polar surface area (TPSA) is 80.6 Å². The van der Waals surface area contributed by atoms with Gasteiger partial charge in [-0.1, -0.05) is 12.1 Å². The van der Waals surface area contributed by atoms with Crippen molar-refractivity contribution in [1.82, 2.24) is 0 Å². The third kappa shape index (κ3) is 4.40. The Labute approximate surface area is 140 Å². The molecule has 0 unspecified atom stereocenters. The first kappa shape index (κ1) is 17.2. The fraction of sp³-hybridized carbons (Fsp3) is 0.222. The zero-order valence-corrected chi connectivity index (χ0v) is 13.5. The molecule has 6 heteroatoms. The summed E-state index contributed by atoms with van der Waals surface area (Å²) in [6.45, 7) is 2.20. The van der Waals surface area contributed by atoms with Crippen LogP contribution in [0.4, 0.5) is 5.69 Å². The van der Waals surface area contributed by atoms with Gasteiger partial charge in [0.25, 0.3) is 5.91 Å². The molecule has 6 nitrogen and oxygen atoms in total. The number of hydrogen-bond acceptors (Lipinski definition) is 5. The molecule has 1 amide bonds. The van der Waals surface area contributed by atoms with E-state index in [2.05, 4.69) is 5.32 Å². The first-order chi connectivity index (χ1) is 11.7. The quantitative estimate of drug-likeness (QED) is 0.846. The summed E-state index contributed by atoms with van der Waals surface area (Å²) in [5.41, 5.74) is 0.950. The molecule has 0 heterocycles. The predicted octanol–water partition coefficient (Wildman–Crippen LogP) is 2.98. The van der Waals surface area contributed by atoms with E-state index in [-0.39, 0.29) is 12.5 Å². The molecular formula is C18H18N2O4. The van der Waals surface area contributed by atoms with Crippen LogP contribution in [0, 0.1) is 11.3 Å². The zero-order valence-electron chi connectivity index (χ0n) is 13.5. The second-order valence-corrected chi connectivity index (χ2v) is 4.74. The van der Waals surface area contributed by atoms with Gasteiger partial charge < -0.3 is 19.5 Å². The molecule has 0 saturated heterocycles. The summed E-state index contributed by atoms with van der Waals surface area (Å²) in [5.74, 6) is 1.18. The van der Waals surface area contributed by atoms with E-state index in [0.717, 1.165) is 0 Å². The van der Waals surface area contributed by atoms with Crippen LogP contribution in [-0.4, -0.2) is 26.2 Å². The van der Waals surface area contributed by atoms with Crippen LogP contribution in [0.3, 0.4) is 0 Å². The zero-order chi connectivity index (χ0) is 17.4. The summed E-state index contributed by atoms with van der Waals surface area (Å²) in [5, 5.41) is 11.7. The number of carbonyl (C=O) groups excluding carboxylic acids is 1. The summed E-state index contributed by atoms with van der Waals surface area (Å²) in [6.07, 6.45) is 0. The van der Waals surface area contributed by atoms with Gasteiger partial charge in [-0.15, -0.1) is 0 Å². The molecule has 0 radical (unpaired) electrons. The lowest BCUT2D eigenvalue weighted by atomic mass is 10.2. The first-order valence-electron chi connectivity index (χ1n) is 7.40.